The van der Waals surface area contributed by atoms with Gasteiger partial charge in [-0.15, -0.1) is 0 Å². The lowest BCUT2D eigenvalue weighted by Gasteiger charge is -2.22. The zero-order valence-corrected chi connectivity index (χ0v) is 11.2. The Labute approximate surface area is 112 Å². The molecule has 0 aromatic heterocycles. The number of anilines is 1. The number of hydrogen-bond donors (Lipinski definition) is 2. The number of halogens is 1. The molecule has 1 aliphatic rings. The molecule has 5 nitrogen and oxygen atoms in total. The molecule has 1 fully saturated rings. The smallest absolute Gasteiger partial charge is 0.243 e. The van der Waals surface area contributed by atoms with Crippen molar-refractivity contribution in [1.29, 1.82) is 0 Å². The summed E-state index contributed by atoms with van der Waals surface area (Å²) in [6.07, 6.45) is 1.62. The fraction of sp³-hybridized carbons (Fsp3) is 0.500. The second kappa shape index (κ2) is 5.85. The van der Waals surface area contributed by atoms with Gasteiger partial charge in [-0.2, -0.15) is 0 Å². The fourth-order valence-corrected chi connectivity index (χ4v) is 3.16. The van der Waals surface area contributed by atoms with E-state index < -0.39 is 15.8 Å². The van der Waals surface area contributed by atoms with Crippen molar-refractivity contribution >= 4 is 15.7 Å². The van der Waals surface area contributed by atoms with Crippen molar-refractivity contribution < 1.29 is 17.5 Å². The van der Waals surface area contributed by atoms with Crippen molar-refractivity contribution in [2.24, 2.45) is 5.92 Å². The second-order valence-corrected chi connectivity index (χ2v) is 6.33. The summed E-state index contributed by atoms with van der Waals surface area (Å²) in [4.78, 5) is -0.367. The van der Waals surface area contributed by atoms with Gasteiger partial charge in [0.05, 0.1) is 0 Å². The lowest BCUT2D eigenvalue weighted by Crippen LogP contribution is -2.32. The number of hydrogen-bond acceptors (Lipinski definition) is 4. The molecule has 1 heterocycles. The molecular weight excluding hydrogens is 271 g/mol. The van der Waals surface area contributed by atoms with Crippen LogP contribution >= 0.6 is 0 Å². The second-order valence-electron chi connectivity index (χ2n) is 4.60. The highest BCUT2D eigenvalue weighted by atomic mass is 32.2. The maximum absolute atomic E-state index is 13.6. The monoisotopic (exact) mass is 288 g/mol. The molecule has 0 atom stereocenters. The molecule has 1 aromatic rings. The lowest BCUT2D eigenvalue weighted by atomic mass is 10.0. The summed E-state index contributed by atoms with van der Waals surface area (Å²) in [6.45, 7) is 1.58. The fourth-order valence-electron chi connectivity index (χ4n) is 1.99. The van der Waals surface area contributed by atoms with E-state index in [0.29, 0.717) is 19.8 Å². The number of nitrogens with one attached hydrogen (secondary N) is 1. The third kappa shape index (κ3) is 3.65. The number of benzene rings is 1. The topological polar surface area (TPSA) is 81.4 Å². The molecule has 0 spiro atoms. The first-order valence-electron chi connectivity index (χ1n) is 6.11. The molecule has 106 valence electrons. The van der Waals surface area contributed by atoms with E-state index in [-0.39, 0.29) is 16.5 Å². The molecule has 0 saturated carbocycles. The summed E-state index contributed by atoms with van der Waals surface area (Å²) in [6, 6.07) is 3.55. The highest BCUT2D eigenvalue weighted by molar-refractivity contribution is 7.89. The van der Waals surface area contributed by atoms with Crippen LogP contribution in [-0.2, 0) is 14.8 Å². The van der Waals surface area contributed by atoms with Crippen LogP contribution in [0.2, 0.25) is 0 Å². The Kier molecular flexibility index (Phi) is 4.38. The van der Waals surface area contributed by atoms with Crippen LogP contribution in [0.3, 0.4) is 0 Å². The molecule has 3 N–H and O–H groups in total. The van der Waals surface area contributed by atoms with Crippen LogP contribution in [-0.4, -0.2) is 28.2 Å². The Hall–Kier alpha value is -1.18. The Morgan fingerprint density at radius 1 is 1.37 bits per heavy atom. The van der Waals surface area contributed by atoms with Crippen LogP contribution in [0.15, 0.2) is 23.1 Å². The molecule has 1 saturated heterocycles. The van der Waals surface area contributed by atoms with Gasteiger partial charge < -0.3 is 10.5 Å². The van der Waals surface area contributed by atoms with Gasteiger partial charge in [0.1, 0.15) is 10.7 Å². The van der Waals surface area contributed by atoms with Crippen LogP contribution in [0.25, 0.3) is 0 Å². The van der Waals surface area contributed by atoms with E-state index in [1.807, 2.05) is 0 Å². The normalized spacial score (nSPS) is 17.5. The molecule has 0 aliphatic carbocycles. The standard InChI is InChI=1S/C12H17FN2O3S/c13-11-7-10(14)1-2-12(11)19(16,17)15-8-9-3-5-18-6-4-9/h1-2,7,9,15H,3-6,8,14H2. The molecular formula is C12H17FN2O3S. The van der Waals surface area contributed by atoms with Gasteiger partial charge in [0.2, 0.25) is 10.0 Å². The summed E-state index contributed by atoms with van der Waals surface area (Å²) in [7, 11) is -3.83. The Bertz CT molecular complexity index is 542. The number of nitrogen functional groups attached to an aromatic ring is 1. The minimum atomic E-state index is -3.83. The van der Waals surface area contributed by atoms with Gasteiger partial charge in [-0.25, -0.2) is 17.5 Å². The first kappa shape index (κ1) is 14.2. The van der Waals surface area contributed by atoms with Gasteiger partial charge >= 0.3 is 0 Å². The largest absolute Gasteiger partial charge is 0.399 e. The molecule has 19 heavy (non-hydrogen) atoms. The van der Waals surface area contributed by atoms with E-state index in [4.69, 9.17) is 10.5 Å². The molecule has 1 aromatic carbocycles. The van der Waals surface area contributed by atoms with Gasteiger partial charge in [-0.3, -0.25) is 0 Å². The zero-order valence-electron chi connectivity index (χ0n) is 10.4. The van der Waals surface area contributed by atoms with Crippen molar-refractivity contribution in [3.8, 4) is 0 Å². The van der Waals surface area contributed by atoms with Gasteiger partial charge in [-0.05, 0) is 37.0 Å². The summed E-state index contributed by atoms with van der Waals surface area (Å²) in [5, 5.41) is 0. The van der Waals surface area contributed by atoms with Gasteiger partial charge in [0.15, 0.2) is 0 Å². The van der Waals surface area contributed by atoms with Crippen LogP contribution in [0.1, 0.15) is 12.8 Å². The van der Waals surface area contributed by atoms with E-state index in [1.54, 1.807) is 0 Å². The molecule has 0 amide bonds. The van der Waals surface area contributed by atoms with Crippen molar-refractivity contribution in [3.63, 3.8) is 0 Å². The molecule has 2 rings (SSSR count). The molecule has 7 heteroatoms. The number of nitrogens with two attached hydrogens (primary N) is 1. The maximum atomic E-state index is 13.6. The van der Waals surface area contributed by atoms with Crippen LogP contribution in [0.4, 0.5) is 10.1 Å². The number of sulfonamides is 1. The summed E-state index contributed by atoms with van der Waals surface area (Å²) in [5.74, 6) is -0.597. The molecule has 0 radical (unpaired) electrons. The first-order chi connectivity index (χ1) is 8.99. The van der Waals surface area contributed by atoms with Gasteiger partial charge in [-0.1, -0.05) is 0 Å². The van der Waals surface area contributed by atoms with Crippen molar-refractivity contribution in [1.82, 2.24) is 4.72 Å². The van der Waals surface area contributed by atoms with Crippen LogP contribution in [0.5, 0.6) is 0 Å². The quantitative estimate of drug-likeness (QED) is 0.813. The van der Waals surface area contributed by atoms with E-state index in [9.17, 15) is 12.8 Å². The molecule has 0 unspecified atom stereocenters. The third-order valence-electron chi connectivity index (χ3n) is 3.15. The van der Waals surface area contributed by atoms with E-state index >= 15 is 0 Å². The van der Waals surface area contributed by atoms with E-state index in [0.717, 1.165) is 18.9 Å². The zero-order chi connectivity index (χ0) is 13.9. The third-order valence-corrected chi connectivity index (χ3v) is 4.61. The van der Waals surface area contributed by atoms with Crippen molar-refractivity contribution in [3.05, 3.63) is 24.0 Å². The molecule has 0 bridgehead atoms. The van der Waals surface area contributed by atoms with Crippen molar-refractivity contribution in [2.45, 2.75) is 17.7 Å². The number of ether oxygens (including phenoxy) is 1. The summed E-state index contributed by atoms with van der Waals surface area (Å²) >= 11 is 0. The van der Waals surface area contributed by atoms with E-state index in [1.165, 1.54) is 12.1 Å². The van der Waals surface area contributed by atoms with E-state index in [2.05, 4.69) is 4.72 Å². The lowest BCUT2D eigenvalue weighted by molar-refractivity contribution is 0.0678. The summed E-state index contributed by atoms with van der Waals surface area (Å²) in [5.41, 5.74) is 5.59. The SMILES string of the molecule is Nc1ccc(S(=O)(=O)NCC2CCOCC2)c(F)c1. The summed E-state index contributed by atoms with van der Waals surface area (Å²) < 4.78 is 45.2. The van der Waals surface area contributed by atoms with Gasteiger partial charge in [0.25, 0.3) is 0 Å². The predicted octanol–water partition coefficient (Wildman–Crippen LogP) is 1.11. The van der Waals surface area contributed by atoms with Gasteiger partial charge in [0, 0.05) is 25.4 Å². The minimum absolute atomic E-state index is 0.195. The van der Waals surface area contributed by atoms with Crippen LogP contribution in [0, 0.1) is 11.7 Å². The Morgan fingerprint density at radius 2 is 2.05 bits per heavy atom. The van der Waals surface area contributed by atoms with Crippen molar-refractivity contribution in [2.75, 3.05) is 25.5 Å². The Balaban J connectivity index is 2.05. The maximum Gasteiger partial charge on any atom is 0.243 e. The molecule has 1 aliphatic heterocycles. The minimum Gasteiger partial charge on any atom is -0.399 e. The highest BCUT2D eigenvalue weighted by Gasteiger charge is 2.21. The van der Waals surface area contributed by atoms with Crippen LogP contribution < -0.4 is 10.5 Å². The average Bonchev–Trinajstić information content (AvgIpc) is 2.37. The average molecular weight is 288 g/mol. The predicted molar refractivity (Wildman–Crippen MR) is 69.5 cm³/mol. The number of rotatable bonds is 4. The highest BCUT2D eigenvalue weighted by Crippen LogP contribution is 2.18. The first-order valence-corrected chi connectivity index (χ1v) is 7.60. The Morgan fingerprint density at radius 3 is 2.68 bits per heavy atom.